The number of phosphoric acid groups is 1. The van der Waals surface area contributed by atoms with Crippen molar-refractivity contribution in [3.05, 3.63) is 0 Å². The van der Waals surface area contributed by atoms with Gasteiger partial charge < -0.3 is 27.9 Å². The van der Waals surface area contributed by atoms with Crippen LogP contribution in [0.3, 0.4) is 0 Å². The Hall–Kier alpha value is -0.990. The van der Waals surface area contributed by atoms with Crippen LogP contribution in [0.25, 0.3) is 0 Å². The first kappa shape index (κ1) is 100. The minimum Gasteiger partial charge on any atom is -0.756 e. The van der Waals surface area contributed by atoms with E-state index in [-0.39, 0.29) is 32.0 Å². The number of unbranched alkanes of at least 4 members (excludes halogenated alkanes) is 75. The second kappa shape index (κ2) is 83.1. The number of phosphoric ester groups is 1. The maximum absolute atomic E-state index is 12.9. The molecule has 0 radical (unpaired) electrons. The molecular formula is C91H182NO8P. The molecule has 0 spiro atoms. The van der Waals surface area contributed by atoms with Gasteiger partial charge in [-0.2, -0.15) is 0 Å². The molecule has 10 heteroatoms. The molecule has 0 bridgehead atoms. The predicted molar refractivity (Wildman–Crippen MR) is 439 cm³/mol. The van der Waals surface area contributed by atoms with Gasteiger partial charge in [0.15, 0.2) is 6.10 Å². The standard InChI is InChI=1S/C91H182NO8P/c1-6-8-10-12-14-16-18-20-22-24-26-28-30-32-34-36-38-40-42-44-46-48-50-52-54-56-58-60-62-64-66-68-70-72-74-76-78-80-82-84-91(94)100-89(88-99-101(95,96)98-86-85-92(3,4)5)87-97-90(93)83-81-79-77-75-73-71-69-67-65-63-61-59-57-55-53-51-49-47-45-43-41-39-37-35-33-31-29-27-25-23-21-19-17-15-13-11-9-7-2/h89H,6-88H2,1-5H3. The molecule has 0 amide bonds. The third kappa shape index (κ3) is 87.8. The molecule has 0 rings (SSSR count). The summed E-state index contributed by atoms with van der Waals surface area (Å²) < 4.78 is 34.5. The first-order valence-electron chi connectivity index (χ1n) is 46.2. The highest BCUT2D eigenvalue weighted by Gasteiger charge is 2.22. The molecule has 0 saturated heterocycles. The van der Waals surface area contributed by atoms with Gasteiger partial charge in [-0.1, -0.05) is 495 Å². The summed E-state index contributed by atoms with van der Waals surface area (Å²) in [5, 5.41) is 0. The Balaban J connectivity index is 3.80. The van der Waals surface area contributed by atoms with Crippen LogP contribution in [-0.4, -0.2) is 70.0 Å². The zero-order valence-electron chi connectivity index (χ0n) is 69.4. The molecule has 0 saturated carbocycles. The van der Waals surface area contributed by atoms with E-state index in [4.69, 9.17) is 18.5 Å². The van der Waals surface area contributed by atoms with E-state index in [0.717, 1.165) is 32.1 Å². The fraction of sp³-hybridized carbons (Fsp3) is 0.978. The molecule has 0 aromatic heterocycles. The number of carbonyl (C=O) groups excluding carboxylic acids is 2. The second-order valence-electron chi connectivity index (χ2n) is 33.4. The van der Waals surface area contributed by atoms with E-state index in [0.29, 0.717) is 17.4 Å². The first-order valence-corrected chi connectivity index (χ1v) is 47.7. The summed E-state index contributed by atoms with van der Waals surface area (Å²) in [4.78, 5) is 38.3. The summed E-state index contributed by atoms with van der Waals surface area (Å²) in [7, 11) is 1.20. The lowest BCUT2D eigenvalue weighted by Gasteiger charge is -2.28. The molecule has 0 aromatic rings. The molecule has 0 aliphatic heterocycles. The van der Waals surface area contributed by atoms with Crippen molar-refractivity contribution in [3.63, 3.8) is 0 Å². The van der Waals surface area contributed by atoms with Crippen molar-refractivity contribution in [3.8, 4) is 0 Å². The summed E-state index contributed by atoms with van der Waals surface area (Å²) in [5.41, 5.74) is 0. The van der Waals surface area contributed by atoms with Gasteiger partial charge in [-0.25, -0.2) is 0 Å². The Morgan fingerprint density at radius 3 is 0.634 bits per heavy atom. The van der Waals surface area contributed by atoms with Crippen molar-refractivity contribution in [2.24, 2.45) is 0 Å². The lowest BCUT2D eigenvalue weighted by atomic mass is 10.0. The van der Waals surface area contributed by atoms with Gasteiger partial charge in [0, 0.05) is 12.8 Å². The van der Waals surface area contributed by atoms with Gasteiger partial charge in [0.1, 0.15) is 19.8 Å². The smallest absolute Gasteiger partial charge is 0.306 e. The highest BCUT2D eigenvalue weighted by Crippen LogP contribution is 2.38. The number of likely N-dealkylation sites (N-methyl/N-ethyl adjacent to an activating group) is 1. The third-order valence-corrected chi connectivity index (χ3v) is 22.8. The number of quaternary nitrogens is 1. The Labute approximate surface area is 633 Å². The molecule has 0 fully saturated rings. The van der Waals surface area contributed by atoms with E-state index >= 15 is 0 Å². The van der Waals surface area contributed by atoms with Gasteiger partial charge in [-0.3, -0.25) is 14.2 Å². The van der Waals surface area contributed by atoms with Gasteiger partial charge in [-0.15, -0.1) is 0 Å². The lowest BCUT2D eigenvalue weighted by Crippen LogP contribution is -2.37. The second-order valence-corrected chi connectivity index (χ2v) is 34.8. The molecular weight excluding hydrogens is 1270 g/mol. The molecule has 9 nitrogen and oxygen atoms in total. The first-order chi connectivity index (χ1) is 49.5. The number of carbonyl (C=O) groups is 2. The van der Waals surface area contributed by atoms with Gasteiger partial charge in [0.25, 0.3) is 7.82 Å². The van der Waals surface area contributed by atoms with Crippen molar-refractivity contribution in [1.29, 1.82) is 0 Å². The van der Waals surface area contributed by atoms with Gasteiger partial charge in [-0.05, 0) is 12.8 Å². The number of rotatable bonds is 89. The van der Waals surface area contributed by atoms with Crippen LogP contribution in [-0.2, 0) is 32.7 Å². The van der Waals surface area contributed by atoms with Crippen LogP contribution in [0.1, 0.15) is 521 Å². The van der Waals surface area contributed by atoms with Crippen molar-refractivity contribution >= 4 is 19.8 Å². The number of ether oxygens (including phenoxy) is 2. The van der Waals surface area contributed by atoms with E-state index in [1.54, 1.807) is 0 Å². The van der Waals surface area contributed by atoms with Gasteiger partial charge in [0.2, 0.25) is 0 Å². The van der Waals surface area contributed by atoms with Crippen LogP contribution in [0.2, 0.25) is 0 Å². The summed E-state index contributed by atoms with van der Waals surface area (Å²) in [6, 6.07) is 0. The molecule has 0 aliphatic rings. The zero-order chi connectivity index (χ0) is 73.3. The Bertz CT molecular complexity index is 1660. The number of nitrogens with zero attached hydrogens (tertiary/aromatic N) is 1. The van der Waals surface area contributed by atoms with E-state index in [1.807, 2.05) is 21.1 Å². The summed E-state index contributed by atoms with van der Waals surface area (Å²) in [6.07, 6.45) is 106. The average molecular weight is 1450 g/mol. The number of hydrogen-bond acceptors (Lipinski definition) is 8. The maximum Gasteiger partial charge on any atom is 0.306 e. The molecule has 0 heterocycles. The molecule has 2 unspecified atom stereocenters. The fourth-order valence-corrected chi connectivity index (χ4v) is 15.6. The Morgan fingerprint density at radius 2 is 0.446 bits per heavy atom. The van der Waals surface area contributed by atoms with E-state index in [1.165, 1.54) is 456 Å². The molecule has 0 aromatic carbocycles. The average Bonchev–Trinajstić information content (AvgIpc) is 0.973. The largest absolute Gasteiger partial charge is 0.756 e. The third-order valence-electron chi connectivity index (χ3n) is 21.9. The highest BCUT2D eigenvalue weighted by atomic mass is 31.2. The fourth-order valence-electron chi connectivity index (χ4n) is 14.8. The SMILES string of the molecule is CCCCCCCCCCCCCCCCCCCCCCCCCCCCCCCCCCCCCCCCCC(=O)OC(COC(=O)CCCCCCCCCCCCCCCCCCCCCCCCCCCCCCCCCCCCCCCC)COP(=O)([O-])OCC[N+](C)(C)C. The topological polar surface area (TPSA) is 111 Å². The van der Waals surface area contributed by atoms with Gasteiger partial charge >= 0.3 is 11.9 Å². The van der Waals surface area contributed by atoms with E-state index in [9.17, 15) is 19.0 Å². The van der Waals surface area contributed by atoms with Crippen LogP contribution in [0.5, 0.6) is 0 Å². The quantitative estimate of drug-likeness (QED) is 0.0256. The minimum atomic E-state index is -4.64. The van der Waals surface area contributed by atoms with Gasteiger partial charge in [0.05, 0.1) is 27.7 Å². The summed E-state index contributed by atoms with van der Waals surface area (Å²) >= 11 is 0. The van der Waals surface area contributed by atoms with Crippen LogP contribution in [0.15, 0.2) is 0 Å². The van der Waals surface area contributed by atoms with Crippen LogP contribution in [0.4, 0.5) is 0 Å². The Kier molecular flexibility index (Phi) is 82.2. The van der Waals surface area contributed by atoms with Crippen molar-refractivity contribution in [1.82, 2.24) is 0 Å². The van der Waals surface area contributed by atoms with Crippen LogP contribution >= 0.6 is 7.82 Å². The highest BCUT2D eigenvalue weighted by molar-refractivity contribution is 7.45. The molecule has 2 atom stereocenters. The minimum absolute atomic E-state index is 0.0245. The predicted octanol–water partition coefficient (Wildman–Crippen LogP) is 30.5. The molecule has 101 heavy (non-hydrogen) atoms. The molecule has 0 aliphatic carbocycles. The molecule has 604 valence electrons. The number of hydrogen-bond donors (Lipinski definition) is 0. The van der Waals surface area contributed by atoms with Crippen LogP contribution < -0.4 is 4.89 Å². The zero-order valence-corrected chi connectivity index (χ0v) is 70.3. The van der Waals surface area contributed by atoms with E-state index in [2.05, 4.69) is 13.8 Å². The normalized spacial score (nSPS) is 12.8. The van der Waals surface area contributed by atoms with Crippen molar-refractivity contribution < 1.29 is 42.1 Å². The monoisotopic (exact) mass is 1450 g/mol. The van der Waals surface area contributed by atoms with Crippen molar-refractivity contribution in [2.75, 3.05) is 47.5 Å². The Morgan fingerprint density at radius 1 is 0.267 bits per heavy atom. The lowest BCUT2D eigenvalue weighted by molar-refractivity contribution is -0.870. The summed E-state index contributed by atoms with van der Waals surface area (Å²) in [5.74, 6) is -0.797. The van der Waals surface area contributed by atoms with Crippen molar-refractivity contribution in [2.45, 2.75) is 527 Å². The molecule has 0 N–H and O–H groups in total. The summed E-state index contributed by atoms with van der Waals surface area (Å²) in [6.45, 7) is 4.36. The number of esters is 2. The van der Waals surface area contributed by atoms with Crippen LogP contribution in [0, 0.1) is 0 Å². The maximum atomic E-state index is 12.9. The van der Waals surface area contributed by atoms with E-state index < -0.39 is 26.5 Å².